The molecular formula is C20H21N3O3. The van der Waals surface area contributed by atoms with E-state index in [2.05, 4.69) is 4.98 Å². The van der Waals surface area contributed by atoms with Gasteiger partial charge in [0.25, 0.3) is 17.4 Å². The van der Waals surface area contributed by atoms with E-state index < -0.39 is 5.54 Å². The van der Waals surface area contributed by atoms with Crippen LogP contribution in [0.1, 0.15) is 18.1 Å². The molecule has 1 fully saturated rings. The van der Waals surface area contributed by atoms with Crippen LogP contribution in [-0.2, 0) is 16.0 Å². The lowest BCUT2D eigenvalue weighted by Crippen LogP contribution is -2.64. The summed E-state index contributed by atoms with van der Waals surface area (Å²) >= 11 is 0. The van der Waals surface area contributed by atoms with Crippen molar-refractivity contribution >= 4 is 17.9 Å². The van der Waals surface area contributed by atoms with Gasteiger partial charge in [0.05, 0.1) is 0 Å². The normalized spacial score (nSPS) is 22.2. The number of benzene rings is 1. The summed E-state index contributed by atoms with van der Waals surface area (Å²) in [4.78, 5) is 43.3. The molecule has 2 heterocycles. The molecule has 1 unspecified atom stereocenters. The second kappa shape index (κ2) is 6.63. The van der Waals surface area contributed by atoms with Gasteiger partial charge in [-0.25, -0.2) is 0 Å². The molecule has 1 atom stereocenters. The Balaban J connectivity index is 1.99. The molecule has 0 spiro atoms. The Labute approximate surface area is 151 Å². The van der Waals surface area contributed by atoms with Crippen molar-refractivity contribution in [2.24, 2.45) is 0 Å². The first kappa shape index (κ1) is 17.7. The number of amides is 2. The molecule has 0 bridgehead atoms. The number of aromatic nitrogens is 1. The molecule has 1 N–H and O–H groups in total. The van der Waals surface area contributed by atoms with Gasteiger partial charge in [-0.2, -0.15) is 0 Å². The van der Waals surface area contributed by atoms with Gasteiger partial charge in [-0.3, -0.25) is 14.4 Å². The molecule has 1 aromatic carbocycles. The van der Waals surface area contributed by atoms with Crippen LogP contribution in [0.4, 0.5) is 0 Å². The summed E-state index contributed by atoms with van der Waals surface area (Å²) in [6, 6.07) is 12.9. The van der Waals surface area contributed by atoms with Crippen molar-refractivity contribution in [1.82, 2.24) is 14.8 Å². The third-order valence-electron chi connectivity index (χ3n) is 4.92. The topological polar surface area (TPSA) is 73.5 Å². The number of piperazine rings is 1. The first-order chi connectivity index (χ1) is 12.3. The zero-order chi connectivity index (χ0) is 18.9. The summed E-state index contributed by atoms with van der Waals surface area (Å²) in [5, 5.41) is 0. The highest BCUT2D eigenvalue weighted by atomic mass is 16.2. The van der Waals surface area contributed by atoms with Crippen molar-refractivity contribution < 1.29 is 9.59 Å². The molecule has 6 nitrogen and oxygen atoms in total. The molecule has 1 aliphatic rings. The molecule has 134 valence electrons. The molecule has 1 saturated heterocycles. The molecule has 1 aliphatic heterocycles. The average molecular weight is 351 g/mol. The van der Waals surface area contributed by atoms with E-state index in [0.717, 1.165) is 5.56 Å². The van der Waals surface area contributed by atoms with E-state index >= 15 is 0 Å². The van der Waals surface area contributed by atoms with Crippen molar-refractivity contribution in [3.05, 3.63) is 75.8 Å². The summed E-state index contributed by atoms with van der Waals surface area (Å²) < 4.78 is 0. The van der Waals surface area contributed by atoms with Crippen LogP contribution in [0.25, 0.3) is 6.08 Å². The van der Waals surface area contributed by atoms with Crippen LogP contribution >= 0.6 is 0 Å². The molecule has 2 amide bonds. The van der Waals surface area contributed by atoms with Crippen molar-refractivity contribution in [1.29, 1.82) is 0 Å². The molecule has 3 rings (SSSR count). The van der Waals surface area contributed by atoms with E-state index in [0.29, 0.717) is 12.0 Å². The van der Waals surface area contributed by atoms with E-state index in [9.17, 15) is 14.4 Å². The number of H-pyrrole nitrogens is 1. The number of carbonyl (C=O) groups excluding carboxylic acids is 2. The van der Waals surface area contributed by atoms with Crippen molar-refractivity contribution in [2.45, 2.75) is 18.9 Å². The van der Waals surface area contributed by atoms with Gasteiger partial charge in [-0.05, 0) is 30.7 Å². The molecule has 1 aromatic heterocycles. The summed E-state index contributed by atoms with van der Waals surface area (Å²) in [5.41, 5.74) is 0.181. The summed E-state index contributed by atoms with van der Waals surface area (Å²) in [6.07, 6.45) is 3.39. The Morgan fingerprint density at radius 2 is 1.73 bits per heavy atom. The van der Waals surface area contributed by atoms with Crippen LogP contribution in [-0.4, -0.2) is 46.2 Å². The lowest BCUT2D eigenvalue weighted by molar-refractivity contribution is -0.155. The number of nitrogens with one attached hydrogen (secondary N) is 1. The van der Waals surface area contributed by atoms with Gasteiger partial charge in [0.2, 0.25) is 0 Å². The van der Waals surface area contributed by atoms with E-state index in [4.69, 9.17) is 0 Å². The first-order valence-corrected chi connectivity index (χ1v) is 8.34. The maximum atomic E-state index is 13.1. The smallest absolute Gasteiger partial charge is 0.271 e. The van der Waals surface area contributed by atoms with E-state index in [1.165, 1.54) is 22.1 Å². The highest BCUT2D eigenvalue weighted by Crippen LogP contribution is 2.30. The van der Waals surface area contributed by atoms with Crippen LogP contribution in [0.3, 0.4) is 0 Å². The van der Waals surface area contributed by atoms with Gasteiger partial charge < -0.3 is 14.8 Å². The number of aromatic amines is 1. The standard InChI is InChI=1S/C20H21N3O3/c1-20(13-14-8-5-4-6-9-14)19(26)22(2)16(18(25)23(20)3)12-15-10-7-11-21-17(15)24/h4-12H,13H2,1-3H3,(H,21,24). The minimum absolute atomic E-state index is 0.180. The fourth-order valence-corrected chi connectivity index (χ4v) is 3.20. The minimum atomic E-state index is -0.992. The van der Waals surface area contributed by atoms with Gasteiger partial charge >= 0.3 is 0 Å². The number of nitrogens with zero attached hydrogens (tertiary/aromatic N) is 2. The third kappa shape index (κ3) is 2.94. The zero-order valence-corrected chi connectivity index (χ0v) is 15.0. The number of pyridine rings is 1. The predicted molar refractivity (Wildman–Crippen MR) is 99.1 cm³/mol. The quantitative estimate of drug-likeness (QED) is 0.855. The van der Waals surface area contributed by atoms with E-state index in [-0.39, 0.29) is 23.1 Å². The summed E-state index contributed by atoms with van der Waals surface area (Å²) in [7, 11) is 3.19. The molecule has 0 saturated carbocycles. The molecule has 2 aromatic rings. The maximum Gasteiger partial charge on any atom is 0.271 e. The lowest BCUT2D eigenvalue weighted by atomic mass is 9.87. The van der Waals surface area contributed by atoms with Crippen LogP contribution in [0.5, 0.6) is 0 Å². The van der Waals surface area contributed by atoms with Crippen molar-refractivity contribution in [2.75, 3.05) is 14.1 Å². The number of hydrogen-bond acceptors (Lipinski definition) is 3. The Hall–Kier alpha value is -3.15. The second-order valence-corrected chi connectivity index (χ2v) is 6.65. The SMILES string of the molecule is CN1C(=O)C(C)(Cc2ccccc2)N(C)C(=O)C1=Cc1ccc[nH]c1=O. The van der Waals surface area contributed by atoms with Gasteiger partial charge in [0.1, 0.15) is 11.2 Å². The maximum absolute atomic E-state index is 13.1. The van der Waals surface area contributed by atoms with Crippen molar-refractivity contribution in [3.63, 3.8) is 0 Å². The Bertz CT molecular complexity index is 933. The lowest BCUT2D eigenvalue weighted by Gasteiger charge is -2.45. The average Bonchev–Trinajstić information content (AvgIpc) is 2.65. The number of likely N-dealkylation sites (N-methyl/N-ethyl adjacent to an activating group) is 2. The number of hydrogen-bond donors (Lipinski definition) is 1. The highest BCUT2D eigenvalue weighted by molar-refractivity contribution is 6.08. The van der Waals surface area contributed by atoms with Crippen LogP contribution in [0.2, 0.25) is 0 Å². The second-order valence-electron chi connectivity index (χ2n) is 6.65. The Morgan fingerprint density at radius 1 is 1.04 bits per heavy atom. The first-order valence-electron chi connectivity index (χ1n) is 8.34. The Morgan fingerprint density at radius 3 is 2.38 bits per heavy atom. The Kier molecular flexibility index (Phi) is 4.50. The molecule has 6 heteroatoms. The molecule has 0 aliphatic carbocycles. The largest absolute Gasteiger partial charge is 0.329 e. The van der Waals surface area contributed by atoms with Gasteiger partial charge in [0.15, 0.2) is 0 Å². The van der Waals surface area contributed by atoms with Gasteiger partial charge in [-0.15, -0.1) is 0 Å². The fourth-order valence-electron chi connectivity index (χ4n) is 3.20. The van der Waals surface area contributed by atoms with Gasteiger partial charge in [0, 0.05) is 32.3 Å². The molecule has 0 radical (unpaired) electrons. The summed E-state index contributed by atoms with van der Waals surface area (Å²) in [6.45, 7) is 1.77. The summed E-state index contributed by atoms with van der Waals surface area (Å²) in [5.74, 6) is -0.490. The number of rotatable bonds is 3. The number of carbonyl (C=O) groups is 2. The minimum Gasteiger partial charge on any atom is -0.329 e. The van der Waals surface area contributed by atoms with Crippen LogP contribution in [0.15, 0.2) is 59.2 Å². The van der Waals surface area contributed by atoms with E-state index in [1.54, 1.807) is 33.2 Å². The molecular weight excluding hydrogens is 330 g/mol. The third-order valence-corrected chi connectivity index (χ3v) is 4.92. The van der Waals surface area contributed by atoms with Gasteiger partial charge in [-0.1, -0.05) is 30.3 Å². The zero-order valence-electron chi connectivity index (χ0n) is 15.0. The van der Waals surface area contributed by atoms with Crippen molar-refractivity contribution in [3.8, 4) is 0 Å². The predicted octanol–water partition coefficient (Wildman–Crippen LogP) is 1.65. The molecule has 26 heavy (non-hydrogen) atoms. The van der Waals surface area contributed by atoms with E-state index in [1.807, 2.05) is 30.3 Å². The fraction of sp³-hybridized carbons (Fsp3) is 0.250. The van der Waals surface area contributed by atoms with Crippen LogP contribution in [0, 0.1) is 0 Å². The van der Waals surface area contributed by atoms with Crippen LogP contribution < -0.4 is 5.56 Å². The highest BCUT2D eigenvalue weighted by Gasteiger charge is 2.48. The monoisotopic (exact) mass is 351 g/mol.